The lowest BCUT2D eigenvalue weighted by Crippen LogP contribution is -2.57. The predicted octanol–water partition coefficient (Wildman–Crippen LogP) is 4.36. The number of hydrogen-bond acceptors (Lipinski definition) is 6. The van der Waals surface area contributed by atoms with Gasteiger partial charge in [-0.2, -0.15) is 0 Å². The first-order chi connectivity index (χ1) is 19.0. The van der Waals surface area contributed by atoms with Crippen LogP contribution in [-0.2, 0) is 33.6 Å². The summed E-state index contributed by atoms with van der Waals surface area (Å²) in [4.78, 5) is 43.2. The van der Waals surface area contributed by atoms with Gasteiger partial charge in [-0.3, -0.25) is 19.7 Å². The summed E-state index contributed by atoms with van der Waals surface area (Å²) in [7, 11) is 0. The zero-order valence-electron chi connectivity index (χ0n) is 23.1. The van der Waals surface area contributed by atoms with Crippen LogP contribution in [0.3, 0.4) is 0 Å². The van der Waals surface area contributed by atoms with Crippen LogP contribution in [0.5, 0.6) is 11.5 Å². The second kappa shape index (κ2) is 10.1. The normalized spacial score (nSPS) is 24.0. The molecule has 2 aliphatic heterocycles. The van der Waals surface area contributed by atoms with Gasteiger partial charge < -0.3 is 15.3 Å². The van der Waals surface area contributed by atoms with Crippen LogP contribution in [-0.4, -0.2) is 38.6 Å². The molecule has 2 saturated heterocycles. The van der Waals surface area contributed by atoms with Gasteiger partial charge in [0.1, 0.15) is 17.0 Å². The van der Waals surface area contributed by atoms with Crippen molar-refractivity contribution in [3.05, 3.63) is 88.0 Å². The average molecular weight is 543 g/mol. The first-order valence-electron chi connectivity index (χ1n) is 13.6. The summed E-state index contributed by atoms with van der Waals surface area (Å²) in [6, 6.07) is 14.6. The largest absolute Gasteiger partial charge is 0.508 e. The number of amides is 2. The fourth-order valence-corrected chi connectivity index (χ4v) is 6.55. The summed E-state index contributed by atoms with van der Waals surface area (Å²) in [5.41, 5.74) is 2.89. The number of carbonyl (C=O) groups is 3. The highest BCUT2D eigenvalue weighted by atomic mass is 16.4. The monoisotopic (exact) mass is 542 g/mol. The van der Waals surface area contributed by atoms with E-state index in [2.05, 4.69) is 5.32 Å². The third kappa shape index (κ3) is 4.14. The molecule has 4 N–H and O–H groups in total. The molecule has 2 fully saturated rings. The van der Waals surface area contributed by atoms with Gasteiger partial charge in [-0.25, -0.2) is 4.90 Å². The number of fused-ring (bicyclic) bond motifs is 1. The van der Waals surface area contributed by atoms with Crippen molar-refractivity contribution in [1.82, 2.24) is 5.32 Å². The minimum atomic E-state index is -1.79. The van der Waals surface area contributed by atoms with Crippen molar-refractivity contribution in [3.8, 4) is 11.5 Å². The molecule has 0 saturated carbocycles. The number of carboxylic acids is 1. The summed E-state index contributed by atoms with van der Waals surface area (Å²) in [5.74, 6) is -4.17. The molecule has 4 atom stereocenters. The standard InChI is InChI=1S/C32H34N2O6/c1-5-20-8-7-9-21(6-2)27(20)34-29(37)24-25(30(34)38)32(31(39)40,16-19-10-12-23(35)13-11-19)33-26(24)22-14-17(3)28(36)18(4)15-22/h7-15,24-26,33,35-36H,5-6,16H2,1-4H3,(H,39,40). The van der Waals surface area contributed by atoms with Gasteiger partial charge in [0.15, 0.2) is 0 Å². The molecule has 8 nitrogen and oxygen atoms in total. The Kier molecular flexibility index (Phi) is 6.92. The first kappa shape index (κ1) is 27.4. The lowest BCUT2D eigenvalue weighted by atomic mass is 9.76. The molecule has 2 amide bonds. The zero-order chi connectivity index (χ0) is 28.9. The van der Waals surface area contributed by atoms with Crippen molar-refractivity contribution in [2.45, 2.75) is 58.5 Å². The molecular formula is C32H34N2O6. The Labute approximate surface area is 233 Å². The van der Waals surface area contributed by atoms with Crippen LogP contribution in [0.1, 0.15) is 53.3 Å². The zero-order valence-corrected chi connectivity index (χ0v) is 23.1. The minimum absolute atomic E-state index is 0.0415. The van der Waals surface area contributed by atoms with E-state index in [1.54, 1.807) is 38.1 Å². The minimum Gasteiger partial charge on any atom is -0.508 e. The number of aryl methyl sites for hydroxylation is 4. The maximum absolute atomic E-state index is 14.4. The Morgan fingerprint density at radius 2 is 1.50 bits per heavy atom. The van der Waals surface area contributed by atoms with Crippen molar-refractivity contribution < 1.29 is 29.7 Å². The Balaban J connectivity index is 1.72. The summed E-state index contributed by atoms with van der Waals surface area (Å²) in [6.45, 7) is 7.42. The number of aliphatic carboxylic acids is 1. The number of imide groups is 1. The van der Waals surface area contributed by atoms with Gasteiger partial charge in [0, 0.05) is 12.5 Å². The molecule has 40 heavy (non-hydrogen) atoms. The van der Waals surface area contributed by atoms with Gasteiger partial charge in [-0.15, -0.1) is 0 Å². The predicted molar refractivity (Wildman–Crippen MR) is 150 cm³/mol. The number of phenols is 2. The van der Waals surface area contributed by atoms with E-state index >= 15 is 0 Å². The summed E-state index contributed by atoms with van der Waals surface area (Å²) < 4.78 is 0. The Bertz CT molecular complexity index is 1470. The lowest BCUT2D eigenvalue weighted by molar-refractivity contribution is -0.148. The maximum atomic E-state index is 14.4. The molecule has 4 unspecified atom stereocenters. The van der Waals surface area contributed by atoms with Crippen LogP contribution in [0.4, 0.5) is 5.69 Å². The van der Waals surface area contributed by atoms with Crippen molar-refractivity contribution >= 4 is 23.5 Å². The molecule has 8 heteroatoms. The fourth-order valence-electron chi connectivity index (χ4n) is 6.55. The van der Waals surface area contributed by atoms with Crippen molar-refractivity contribution in [1.29, 1.82) is 0 Å². The quantitative estimate of drug-likeness (QED) is 0.327. The van der Waals surface area contributed by atoms with E-state index in [-0.39, 0.29) is 17.9 Å². The number of nitrogens with one attached hydrogen (secondary N) is 1. The number of carboxylic acid groups (broad SMARTS) is 1. The van der Waals surface area contributed by atoms with Gasteiger partial charge in [0.25, 0.3) is 0 Å². The third-order valence-electron chi connectivity index (χ3n) is 8.52. The molecule has 0 bridgehead atoms. The van der Waals surface area contributed by atoms with Gasteiger partial charge in [0.05, 0.1) is 17.5 Å². The smallest absolute Gasteiger partial charge is 0.325 e. The van der Waals surface area contributed by atoms with Gasteiger partial charge in [-0.1, -0.05) is 56.3 Å². The van der Waals surface area contributed by atoms with Crippen molar-refractivity contribution in [3.63, 3.8) is 0 Å². The van der Waals surface area contributed by atoms with Crippen LogP contribution in [0, 0.1) is 25.7 Å². The van der Waals surface area contributed by atoms with Crippen LogP contribution >= 0.6 is 0 Å². The number of hydrogen-bond donors (Lipinski definition) is 4. The topological polar surface area (TPSA) is 127 Å². The number of aromatic hydroxyl groups is 2. The van der Waals surface area contributed by atoms with Gasteiger partial charge >= 0.3 is 5.97 Å². The number of benzene rings is 3. The number of rotatable bonds is 7. The molecule has 0 spiro atoms. The number of phenolic OH excluding ortho intramolecular Hbond substituents is 2. The van der Waals surface area contributed by atoms with Gasteiger partial charge in [0.2, 0.25) is 11.8 Å². The van der Waals surface area contributed by atoms with Crippen molar-refractivity contribution in [2.75, 3.05) is 4.90 Å². The molecule has 3 aromatic rings. The highest BCUT2D eigenvalue weighted by molar-refractivity contribution is 6.25. The second-order valence-corrected chi connectivity index (χ2v) is 10.9. The fraction of sp³-hybridized carbons (Fsp3) is 0.344. The Hall–Kier alpha value is -4.17. The highest BCUT2D eigenvalue weighted by Crippen LogP contribution is 2.52. The number of anilines is 1. The Morgan fingerprint density at radius 1 is 0.925 bits per heavy atom. The molecule has 0 radical (unpaired) electrons. The summed E-state index contributed by atoms with van der Waals surface area (Å²) in [6.07, 6.45) is 1.13. The summed E-state index contributed by atoms with van der Waals surface area (Å²) >= 11 is 0. The van der Waals surface area contributed by atoms with Crippen LogP contribution in [0.25, 0.3) is 0 Å². The lowest BCUT2D eigenvalue weighted by Gasteiger charge is -2.32. The van der Waals surface area contributed by atoms with Crippen LogP contribution < -0.4 is 10.2 Å². The third-order valence-corrected chi connectivity index (χ3v) is 8.52. The average Bonchev–Trinajstić information content (AvgIpc) is 3.41. The maximum Gasteiger partial charge on any atom is 0.325 e. The van der Waals surface area contributed by atoms with Crippen LogP contribution in [0.15, 0.2) is 54.6 Å². The number of carbonyl (C=O) groups excluding carboxylic acids is 2. The van der Waals surface area contributed by atoms with E-state index in [0.717, 1.165) is 11.1 Å². The van der Waals surface area contributed by atoms with Gasteiger partial charge in [-0.05, 0) is 72.2 Å². The highest BCUT2D eigenvalue weighted by Gasteiger charge is 2.68. The molecule has 3 aromatic carbocycles. The van der Waals surface area contributed by atoms with E-state index in [1.807, 2.05) is 32.0 Å². The molecule has 0 aliphatic carbocycles. The molecule has 2 heterocycles. The number of para-hydroxylation sites is 1. The first-order valence-corrected chi connectivity index (χ1v) is 13.6. The van der Waals surface area contributed by atoms with E-state index in [4.69, 9.17) is 0 Å². The SMILES string of the molecule is CCc1cccc(CC)c1N1C(=O)C2C(c3cc(C)c(O)c(C)c3)NC(Cc3ccc(O)cc3)(C(=O)O)C2C1=O. The summed E-state index contributed by atoms with van der Waals surface area (Å²) in [5, 5.41) is 34.2. The molecular weight excluding hydrogens is 508 g/mol. The van der Waals surface area contributed by atoms with E-state index in [1.165, 1.54) is 17.0 Å². The van der Waals surface area contributed by atoms with E-state index in [9.17, 15) is 29.7 Å². The molecule has 2 aliphatic rings. The molecule has 5 rings (SSSR count). The van der Waals surface area contributed by atoms with E-state index in [0.29, 0.717) is 40.8 Å². The molecule has 0 aromatic heterocycles. The molecule has 208 valence electrons. The second-order valence-electron chi connectivity index (χ2n) is 10.9. The number of nitrogens with zero attached hydrogens (tertiary/aromatic N) is 1. The van der Waals surface area contributed by atoms with Crippen molar-refractivity contribution in [2.24, 2.45) is 11.8 Å². The Morgan fingerprint density at radius 3 is 2.02 bits per heavy atom. The van der Waals surface area contributed by atoms with E-state index < -0.39 is 41.2 Å². The van der Waals surface area contributed by atoms with Crippen LogP contribution in [0.2, 0.25) is 0 Å².